The molecule has 4 heteroatoms. The predicted molar refractivity (Wildman–Crippen MR) is 46.2 cm³/mol. The van der Waals surface area contributed by atoms with Crippen LogP contribution in [-0.4, -0.2) is 5.97 Å². The van der Waals surface area contributed by atoms with E-state index < -0.39 is 5.97 Å². The number of halogens is 2. The lowest BCUT2D eigenvalue weighted by Crippen LogP contribution is -2.22. The molecule has 2 nitrogen and oxygen atoms in total. The summed E-state index contributed by atoms with van der Waals surface area (Å²) in [5, 5.41) is 10.4. The van der Waals surface area contributed by atoms with Crippen molar-refractivity contribution in [3.05, 3.63) is 32.7 Å². The SMILES string of the molecule is O=C([O-])c1cc(Br)ccc1Br. The smallest absolute Gasteiger partial charge is 0.0727 e. The maximum Gasteiger partial charge on any atom is 0.0727 e. The maximum absolute atomic E-state index is 10.4. The number of carbonyl (C=O) groups is 1. The molecule has 11 heavy (non-hydrogen) atoms. The van der Waals surface area contributed by atoms with Gasteiger partial charge in [-0.1, -0.05) is 31.9 Å². The summed E-state index contributed by atoms with van der Waals surface area (Å²) in [5.41, 5.74) is 0.152. The van der Waals surface area contributed by atoms with Gasteiger partial charge in [0.2, 0.25) is 0 Å². The van der Waals surface area contributed by atoms with Crippen molar-refractivity contribution in [1.82, 2.24) is 0 Å². The molecule has 0 unspecified atom stereocenters. The Bertz CT molecular complexity index is 296. The van der Waals surface area contributed by atoms with Gasteiger partial charge in [0.25, 0.3) is 0 Å². The molecule has 58 valence electrons. The zero-order chi connectivity index (χ0) is 8.43. The van der Waals surface area contributed by atoms with Crippen molar-refractivity contribution in [2.24, 2.45) is 0 Å². The van der Waals surface area contributed by atoms with Crippen molar-refractivity contribution in [3.63, 3.8) is 0 Å². The summed E-state index contributed by atoms with van der Waals surface area (Å²) in [5.74, 6) is -1.18. The number of benzene rings is 1. The van der Waals surface area contributed by atoms with Crippen LogP contribution in [0.5, 0.6) is 0 Å². The van der Waals surface area contributed by atoms with E-state index in [0.717, 1.165) is 4.47 Å². The van der Waals surface area contributed by atoms with Gasteiger partial charge in [-0.3, -0.25) is 0 Å². The molecule has 0 bridgehead atoms. The van der Waals surface area contributed by atoms with E-state index in [1.165, 1.54) is 6.07 Å². The molecule has 0 saturated heterocycles. The number of carboxylic acids is 1. The third-order valence-electron chi connectivity index (χ3n) is 1.15. The lowest BCUT2D eigenvalue weighted by molar-refractivity contribution is -0.255. The van der Waals surface area contributed by atoms with Gasteiger partial charge in [0.1, 0.15) is 0 Å². The molecule has 0 spiro atoms. The maximum atomic E-state index is 10.4. The molecular formula is C7H3Br2O2-. The van der Waals surface area contributed by atoms with E-state index in [-0.39, 0.29) is 5.56 Å². The first-order valence-corrected chi connectivity index (χ1v) is 4.36. The second-order valence-electron chi connectivity index (χ2n) is 1.91. The summed E-state index contributed by atoms with van der Waals surface area (Å²) in [6.45, 7) is 0. The summed E-state index contributed by atoms with van der Waals surface area (Å²) in [7, 11) is 0. The van der Waals surface area contributed by atoms with E-state index in [2.05, 4.69) is 31.9 Å². The van der Waals surface area contributed by atoms with Crippen molar-refractivity contribution in [1.29, 1.82) is 0 Å². The van der Waals surface area contributed by atoms with E-state index in [1.807, 2.05) is 0 Å². The van der Waals surface area contributed by atoms with Crippen molar-refractivity contribution in [2.45, 2.75) is 0 Å². The van der Waals surface area contributed by atoms with Crippen LogP contribution in [-0.2, 0) is 0 Å². The minimum Gasteiger partial charge on any atom is -0.545 e. The van der Waals surface area contributed by atoms with Gasteiger partial charge in [-0.15, -0.1) is 0 Å². The molecular weight excluding hydrogens is 276 g/mol. The van der Waals surface area contributed by atoms with Crippen LogP contribution < -0.4 is 5.11 Å². The average molecular weight is 279 g/mol. The highest BCUT2D eigenvalue weighted by Crippen LogP contribution is 2.20. The van der Waals surface area contributed by atoms with Crippen LogP contribution in [0.1, 0.15) is 10.4 Å². The second-order valence-corrected chi connectivity index (χ2v) is 3.68. The molecule has 0 atom stereocenters. The highest BCUT2D eigenvalue weighted by atomic mass is 79.9. The molecule has 0 aliphatic carbocycles. The number of carbonyl (C=O) groups excluding carboxylic acids is 1. The molecule has 1 aromatic rings. The Labute approximate surface area is 80.5 Å². The molecule has 0 saturated carbocycles. The van der Waals surface area contributed by atoms with Crippen LogP contribution in [0.4, 0.5) is 0 Å². The Balaban J connectivity index is 3.23. The molecule has 0 aliphatic heterocycles. The number of rotatable bonds is 1. The number of hydrogen-bond acceptors (Lipinski definition) is 2. The van der Waals surface area contributed by atoms with E-state index in [4.69, 9.17) is 0 Å². The van der Waals surface area contributed by atoms with Crippen LogP contribution in [0.2, 0.25) is 0 Å². The first-order valence-electron chi connectivity index (χ1n) is 2.77. The minimum atomic E-state index is -1.18. The molecule has 0 radical (unpaired) electrons. The Morgan fingerprint density at radius 2 is 2.00 bits per heavy atom. The fourth-order valence-electron chi connectivity index (χ4n) is 0.654. The van der Waals surface area contributed by atoms with Crippen LogP contribution >= 0.6 is 31.9 Å². The van der Waals surface area contributed by atoms with Crippen LogP contribution in [0.25, 0.3) is 0 Å². The number of hydrogen-bond donors (Lipinski definition) is 0. The van der Waals surface area contributed by atoms with Gasteiger partial charge in [0.05, 0.1) is 5.97 Å². The fraction of sp³-hybridized carbons (Fsp3) is 0. The van der Waals surface area contributed by atoms with Crippen molar-refractivity contribution in [2.75, 3.05) is 0 Å². The molecule has 0 fully saturated rings. The van der Waals surface area contributed by atoms with Crippen LogP contribution in [0, 0.1) is 0 Å². The van der Waals surface area contributed by atoms with E-state index >= 15 is 0 Å². The Morgan fingerprint density at radius 3 is 2.45 bits per heavy atom. The minimum absolute atomic E-state index is 0.152. The summed E-state index contributed by atoms with van der Waals surface area (Å²) in [6.07, 6.45) is 0. The van der Waals surface area contributed by atoms with E-state index in [0.29, 0.717) is 4.47 Å². The monoisotopic (exact) mass is 277 g/mol. The summed E-state index contributed by atoms with van der Waals surface area (Å²) >= 11 is 6.24. The third-order valence-corrected chi connectivity index (χ3v) is 2.33. The topological polar surface area (TPSA) is 40.1 Å². The van der Waals surface area contributed by atoms with Gasteiger partial charge in [-0.25, -0.2) is 0 Å². The average Bonchev–Trinajstić information content (AvgIpc) is 1.94. The van der Waals surface area contributed by atoms with Crippen LogP contribution in [0.15, 0.2) is 27.1 Å². The van der Waals surface area contributed by atoms with Crippen LogP contribution in [0.3, 0.4) is 0 Å². The molecule has 0 aromatic heterocycles. The van der Waals surface area contributed by atoms with Gasteiger partial charge in [0, 0.05) is 14.5 Å². The van der Waals surface area contributed by atoms with Gasteiger partial charge in [-0.05, 0) is 18.2 Å². The predicted octanol–water partition coefficient (Wildman–Crippen LogP) is 1.58. The zero-order valence-corrected chi connectivity index (χ0v) is 8.48. The standard InChI is InChI=1S/C7H4Br2O2/c8-4-1-2-6(9)5(3-4)7(10)11/h1-3H,(H,10,11)/p-1. The van der Waals surface area contributed by atoms with Crippen molar-refractivity contribution >= 4 is 37.8 Å². The quantitative estimate of drug-likeness (QED) is 0.782. The lowest BCUT2D eigenvalue weighted by Gasteiger charge is -2.04. The Hall–Kier alpha value is -0.350. The fourth-order valence-corrected chi connectivity index (χ4v) is 1.42. The Kier molecular flexibility index (Phi) is 2.67. The lowest BCUT2D eigenvalue weighted by atomic mass is 10.2. The molecule has 1 rings (SSSR count). The van der Waals surface area contributed by atoms with Gasteiger partial charge < -0.3 is 9.90 Å². The van der Waals surface area contributed by atoms with Crippen molar-refractivity contribution < 1.29 is 9.90 Å². The zero-order valence-electron chi connectivity index (χ0n) is 5.30. The molecule has 0 heterocycles. The van der Waals surface area contributed by atoms with E-state index in [9.17, 15) is 9.90 Å². The summed E-state index contributed by atoms with van der Waals surface area (Å²) < 4.78 is 1.25. The van der Waals surface area contributed by atoms with Crippen molar-refractivity contribution in [3.8, 4) is 0 Å². The number of aromatic carboxylic acids is 1. The first kappa shape index (κ1) is 8.74. The molecule has 0 aliphatic rings. The molecule has 1 aromatic carbocycles. The Morgan fingerprint density at radius 1 is 1.36 bits per heavy atom. The summed E-state index contributed by atoms with van der Waals surface area (Å²) in [6, 6.07) is 4.88. The highest BCUT2D eigenvalue weighted by Gasteiger charge is 1.99. The second kappa shape index (κ2) is 3.36. The normalized spacial score (nSPS) is 9.64. The van der Waals surface area contributed by atoms with Gasteiger partial charge in [-0.2, -0.15) is 0 Å². The van der Waals surface area contributed by atoms with Gasteiger partial charge >= 0.3 is 0 Å². The summed E-state index contributed by atoms with van der Waals surface area (Å²) in [4.78, 5) is 10.4. The third kappa shape index (κ3) is 2.04. The highest BCUT2D eigenvalue weighted by molar-refractivity contribution is 9.11. The molecule has 0 amide bonds. The molecule has 0 N–H and O–H groups in total. The van der Waals surface area contributed by atoms with Gasteiger partial charge in [0.15, 0.2) is 0 Å². The first-order chi connectivity index (χ1) is 5.11. The number of carboxylic acid groups (broad SMARTS) is 1. The largest absolute Gasteiger partial charge is 0.545 e. The van der Waals surface area contributed by atoms with E-state index in [1.54, 1.807) is 12.1 Å².